The summed E-state index contributed by atoms with van der Waals surface area (Å²) in [6, 6.07) is 7.80. The van der Waals surface area contributed by atoms with E-state index in [9.17, 15) is 9.18 Å². The Morgan fingerprint density at radius 3 is 2.64 bits per heavy atom. The van der Waals surface area contributed by atoms with Crippen LogP contribution in [-0.2, 0) is 19.0 Å². The number of aromatic amines is 1. The van der Waals surface area contributed by atoms with Crippen LogP contribution in [0, 0.1) is 11.2 Å². The predicted octanol–water partition coefficient (Wildman–Crippen LogP) is 3.31. The fourth-order valence-electron chi connectivity index (χ4n) is 3.70. The zero-order chi connectivity index (χ0) is 25.5. The van der Waals surface area contributed by atoms with E-state index in [-0.39, 0.29) is 24.9 Å². The van der Waals surface area contributed by atoms with Crippen molar-refractivity contribution >= 4 is 11.9 Å². The van der Waals surface area contributed by atoms with Crippen molar-refractivity contribution in [1.29, 1.82) is 0 Å². The number of halogens is 1. The summed E-state index contributed by atoms with van der Waals surface area (Å²) in [4.78, 5) is 29.4. The van der Waals surface area contributed by atoms with Crippen LogP contribution in [0.2, 0.25) is 0 Å². The highest BCUT2D eigenvalue weighted by atomic mass is 19.1. The van der Waals surface area contributed by atoms with Crippen molar-refractivity contribution in [3.63, 3.8) is 0 Å². The molecule has 1 saturated heterocycles. The highest BCUT2D eigenvalue weighted by molar-refractivity contribution is 5.82. The number of nitrogens with one attached hydrogen (secondary N) is 3. The van der Waals surface area contributed by atoms with Crippen LogP contribution < -0.4 is 10.6 Å². The van der Waals surface area contributed by atoms with Crippen LogP contribution in [0.3, 0.4) is 0 Å². The molecule has 0 bridgehead atoms. The lowest BCUT2D eigenvalue weighted by atomic mass is 9.91. The van der Waals surface area contributed by atoms with E-state index in [0.29, 0.717) is 54.1 Å². The molecule has 4 rings (SSSR count). The third-order valence-electron chi connectivity index (χ3n) is 5.75. The second kappa shape index (κ2) is 11.5. The van der Waals surface area contributed by atoms with Crippen LogP contribution in [0.25, 0.3) is 22.6 Å². The second-order valence-electron chi connectivity index (χ2n) is 8.81. The fourth-order valence-corrected chi connectivity index (χ4v) is 3.70. The standard InChI is InChI=1S/C25H31FN6O4/c1-4-10-27-23(33)25(2)14-35-22(36-15-25)21-31-19(16-5-7-17(26)8-6-16)20(32-21)18-9-11-28-24(30-18)29-12-13-34-3/h5-9,11,22H,4,10,12-15H2,1-3H3,(H,27,33)(H,31,32)(H,28,29,30). The van der Waals surface area contributed by atoms with Gasteiger partial charge in [0.2, 0.25) is 18.1 Å². The Hall–Kier alpha value is -3.41. The first-order valence-corrected chi connectivity index (χ1v) is 11.9. The summed E-state index contributed by atoms with van der Waals surface area (Å²) in [7, 11) is 1.62. The average molecular weight is 499 g/mol. The Morgan fingerprint density at radius 2 is 1.94 bits per heavy atom. The number of ether oxygens (including phenoxy) is 3. The molecule has 192 valence electrons. The number of amides is 1. The molecule has 0 aliphatic carbocycles. The number of nitrogens with zero attached hydrogens (tertiary/aromatic N) is 3. The number of rotatable bonds is 10. The number of anilines is 1. The molecule has 0 spiro atoms. The number of aromatic nitrogens is 4. The Morgan fingerprint density at radius 1 is 1.19 bits per heavy atom. The number of methoxy groups -OCH3 is 1. The minimum Gasteiger partial charge on any atom is -0.383 e. The number of imidazole rings is 1. The third-order valence-corrected chi connectivity index (χ3v) is 5.75. The van der Waals surface area contributed by atoms with Crippen molar-refractivity contribution in [3.8, 4) is 22.6 Å². The first-order valence-electron chi connectivity index (χ1n) is 11.9. The number of carbonyl (C=O) groups excluding carboxylic acids is 1. The van der Waals surface area contributed by atoms with Gasteiger partial charge in [0, 0.05) is 32.0 Å². The topological polar surface area (TPSA) is 123 Å². The summed E-state index contributed by atoms with van der Waals surface area (Å²) in [6.45, 7) is 5.82. The van der Waals surface area contributed by atoms with E-state index >= 15 is 0 Å². The Balaban J connectivity index is 1.61. The van der Waals surface area contributed by atoms with E-state index in [4.69, 9.17) is 19.2 Å². The Labute approximate surface area is 209 Å². The minimum atomic E-state index is -0.800. The van der Waals surface area contributed by atoms with E-state index < -0.39 is 11.7 Å². The van der Waals surface area contributed by atoms with Gasteiger partial charge in [0.05, 0.1) is 42.3 Å². The van der Waals surface area contributed by atoms with E-state index in [1.54, 1.807) is 31.5 Å². The summed E-state index contributed by atoms with van der Waals surface area (Å²) >= 11 is 0. The first kappa shape index (κ1) is 25.7. The van der Waals surface area contributed by atoms with E-state index in [2.05, 4.69) is 25.6 Å². The van der Waals surface area contributed by atoms with E-state index in [0.717, 1.165) is 6.42 Å². The van der Waals surface area contributed by atoms with Crippen LogP contribution in [0.15, 0.2) is 36.5 Å². The van der Waals surface area contributed by atoms with Crippen molar-refractivity contribution in [1.82, 2.24) is 25.3 Å². The summed E-state index contributed by atoms with van der Waals surface area (Å²) < 4.78 is 30.5. The molecule has 0 atom stereocenters. The maximum Gasteiger partial charge on any atom is 0.230 e. The van der Waals surface area contributed by atoms with Gasteiger partial charge in [-0.1, -0.05) is 6.92 Å². The summed E-state index contributed by atoms with van der Waals surface area (Å²) in [6.07, 6.45) is 1.69. The van der Waals surface area contributed by atoms with Crippen LogP contribution >= 0.6 is 0 Å². The molecular weight excluding hydrogens is 467 g/mol. The summed E-state index contributed by atoms with van der Waals surface area (Å²) in [5, 5.41) is 6.01. The second-order valence-corrected chi connectivity index (χ2v) is 8.81. The van der Waals surface area contributed by atoms with Gasteiger partial charge in [-0.3, -0.25) is 4.79 Å². The fraction of sp³-hybridized carbons (Fsp3) is 0.440. The molecule has 36 heavy (non-hydrogen) atoms. The molecule has 3 aromatic rings. The molecule has 3 N–H and O–H groups in total. The molecule has 1 aliphatic rings. The van der Waals surface area contributed by atoms with Gasteiger partial charge in [-0.15, -0.1) is 0 Å². The van der Waals surface area contributed by atoms with Gasteiger partial charge in [0.1, 0.15) is 5.82 Å². The van der Waals surface area contributed by atoms with Crippen molar-refractivity contribution < 1.29 is 23.4 Å². The SMILES string of the molecule is CCCNC(=O)C1(C)COC(c2nc(-c3ccc(F)cc3)c(-c3ccnc(NCCOC)n3)[nH]2)OC1. The molecule has 0 saturated carbocycles. The van der Waals surface area contributed by atoms with E-state index in [1.165, 1.54) is 12.1 Å². The Bertz CT molecular complexity index is 1160. The smallest absolute Gasteiger partial charge is 0.230 e. The van der Waals surface area contributed by atoms with Crippen LogP contribution in [0.5, 0.6) is 0 Å². The normalized spacial score (nSPS) is 19.7. The highest BCUT2D eigenvalue weighted by Gasteiger charge is 2.40. The number of hydrogen-bond donors (Lipinski definition) is 3. The Kier molecular flexibility index (Phi) is 8.24. The molecule has 10 nitrogen and oxygen atoms in total. The number of hydrogen-bond acceptors (Lipinski definition) is 8. The van der Waals surface area contributed by atoms with Gasteiger partial charge in [-0.2, -0.15) is 0 Å². The molecule has 3 heterocycles. The molecule has 0 radical (unpaired) electrons. The molecular formula is C25H31FN6O4. The zero-order valence-electron chi connectivity index (χ0n) is 20.6. The molecule has 0 unspecified atom stereocenters. The van der Waals surface area contributed by atoms with Gasteiger partial charge >= 0.3 is 0 Å². The van der Waals surface area contributed by atoms with Crippen molar-refractivity contribution in [2.24, 2.45) is 5.41 Å². The van der Waals surface area contributed by atoms with Crippen LogP contribution in [-0.4, -0.2) is 65.9 Å². The van der Waals surface area contributed by atoms with Gasteiger partial charge in [0.25, 0.3) is 0 Å². The van der Waals surface area contributed by atoms with Crippen molar-refractivity contribution in [2.45, 2.75) is 26.6 Å². The predicted molar refractivity (Wildman–Crippen MR) is 131 cm³/mol. The zero-order valence-corrected chi connectivity index (χ0v) is 20.6. The molecule has 2 aromatic heterocycles. The molecule has 1 fully saturated rings. The van der Waals surface area contributed by atoms with Gasteiger partial charge in [0.15, 0.2) is 5.82 Å². The number of H-pyrrole nitrogens is 1. The van der Waals surface area contributed by atoms with Gasteiger partial charge in [-0.05, 0) is 43.7 Å². The van der Waals surface area contributed by atoms with Crippen molar-refractivity contribution in [2.75, 3.05) is 45.3 Å². The number of carbonyl (C=O) groups is 1. The number of benzene rings is 1. The monoisotopic (exact) mass is 498 g/mol. The lowest BCUT2D eigenvalue weighted by molar-refractivity contribution is -0.231. The van der Waals surface area contributed by atoms with Gasteiger partial charge in [-0.25, -0.2) is 19.3 Å². The minimum absolute atomic E-state index is 0.107. The van der Waals surface area contributed by atoms with Gasteiger partial charge < -0.3 is 29.8 Å². The van der Waals surface area contributed by atoms with E-state index in [1.807, 2.05) is 13.8 Å². The first-order chi connectivity index (χ1) is 17.4. The maximum atomic E-state index is 13.6. The summed E-state index contributed by atoms with van der Waals surface area (Å²) in [5.41, 5.74) is 1.66. The molecule has 11 heteroatoms. The quantitative estimate of drug-likeness (QED) is 0.364. The molecule has 1 amide bonds. The summed E-state index contributed by atoms with van der Waals surface area (Å²) in [5.74, 6) is 0.407. The maximum absolute atomic E-state index is 13.6. The third kappa shape index (κ3) is 5.86. The average Bonchev–Trinajstić information content (AvgIpc) is 3.34. The van der Waals surface area contributed by atoms with Crippen LogP contribution in [0.4, 0.5) is 10.3 Å². The lowest BCUT2D eigenvalue weighted by Gasteiger charge is -2.35. The molecule has 1 aliphatic heterocycles. The largest absolute Gasteiger partial charge is 0.383 e. The molecule has 1 aromatic carbocycles. The lowest BCUT2D eigenvalue weighted by Crippen LogP contribution is -2.48. The van der Waals surface area contributed by atoms with Crippen LogP contribution in [0.1, 0.15) is 32.4 Å². The van der Waals surface area contributed by atoms with Crippen molar-refractivity contribution in [3.05, 3.63) is 48.2 Å². The highest BCUT2D eigenvalue weighted by Crippen LogP contribution is 2.35.